The summed E-state index contributed by atoms with van der Waals surface area (Å²) in [4.78, 5) is 28.5. The lowest BCUT2D eigenvalue weighted by atomic mass is 10.0. The van der Waals surface area contributed by atoms with Crippen LogP contribution in [0.2, 0.25) is 0 Å². The molecule has 2 aromatic carbocycles. The molecule has 136 valence electrons. The highest BCUT2D eigenvalue weighted by atomic mass is 19.1. The summed E-state index contributed by atoms with van der Waals surface area (Å²) in [5.74, 6) is -0.529. The fourth-order valence-corrected chi connectivity index (χ4v) is 3.28. The quantitative estimate of drug-likeness (QED) is 0.850. The van der Waals surface area contributed by atoms with Crippen molar-refractivity contribution >= 4 is 11.8 Å². The van der Waals surface area contributed by atoms with Gasteiger partial charge in [0.1, 0.15) is 5.82 Å². The Balaban J connectivity index is 1.57. The number of aryl methyl sites for hydroxylation is 2. The highest BCUT2D eigenvalue weighted by Crippen LogP contribution is 2.14. The minimum absolute atomic E-state index is 0.0785. The summed E-state index contributed by atoms with van der Waals surface area (Å²) in [5, 5.41) is 0. The molecule has 26 heavy (non-hydrogen) atoms. The number of carbonyl (C=O) groups excluding carboxylic acids is 2. The van der Waals surface area contributed by atoms with Crippen LogP contribution in [0.5, 0.6) is 0 Å². The summed E-state index contributed by atoms with van der Waals surface area (Å²) in [5.41, 5.74) is 3.69. The molecule has 4 nitrogen and oxygen atoms in total. The Bertz CT molecular complexity index is 827. The Labute approximate surface area is 153 Å². The van der Waals surface area contributed by atoms with E-state index in [0.717, 1.165) is 11.1 Å². The van der Waals surface area contributed by atoms with Gasteiger partial charge in [0.2, 0.25) is 5.91 Å². The molecule has 0 N–H and O–H groups in total. The summed E-state index contributed by atoms with van der Waals surface area (Å²) < 4.78 is 13.3. The smallest absolute Gasteiger partial charge is 0.254 e. The van der Waals surface area contributed by atoms with Crippen molar-refractivity contribution in [1.29, 1.82) is 0 Å². The number of benzene rings is 2. The van der Waals surface area contributed by atoms with Crippen LogP contribution in [0.1, 0.15) is 27.0 Å². The number of piperazine rings is 1. The second-order valence-corrected chi connectivity index (χ2v) is 6.79. The van der Waals surface area contributed by atoms with Crippen LogP contribution in [-0.4, -0.2) is 47.8 Å². The molecule has 3 rings (SSSR count). The van der Waals surface area contributed by atoms with E-state index >= 15 is 0 Å². The Morgan fingerprint density at radius 2 is 1.65 bits per heavy atom. The van der Waals surface area contributed by atoms with Gasteiger partial charge in [0.25, 0.3) is 5.91 Å². The molecule has 0 spiro atoms. The number of amides is 2. The molecule has 0 aliphatic carbocycles. The molecule has 0 aromatic heterocycles. The van der Waals surface area contributed by atoms with Gasteiger partial charge in [-0.25, -0.2) is 4.39 Å². The number of hydrogen-bond acceptors (Lipinski definition) is 2. The van der Waals surface area contributed by atoms with Gasteiger partial charge in [0.05, 0.1) is 6.42 Å². The molecule has 0 unspecified atom stereocenters. The minimum Gasteiger partial charge on any atom is -0.339 e. The van der Waals surface area contributed by atoms with Gasteiger partial charge in [-0.3, -0.25) is 9.59 Å². The van der Waals surface area contributed by atoms with Crippen LogP contribution >= 0.6 is 0 Å². The molecule has 2 aromatic rings. The van der Waals surface area contributed by atoms with Crippen molar-refractivity contribution < 1.29 is 14.0 Å². The van der Waals surface area contributed by atoms with E-state index in [2.05, 4.69) is 6.07 Å². The summed E-state index contributed by atoms with van der Waals surface area (Å²) in [7, 11) is 0. The standard InChI is InChI=1S/C21H23FN2O2/c1-15-6-7-17(16(2)12-15)14-20(25)23-8-10-24(11-9-23)21(26)18-4-3-5-19(22)13-18/h3-7,12-13H,8-11,14H2,1-2H3. The molecule has 1 aliphatic heterocycles. The van der Waals surface area contributed by atoms with E-state index in [1.54, 1.807) is 15.9 Å². The first-order valence-electron chi connectivity index (χ1n) is 8.83. The first-order chi connectivity index (χ1) is 12.4. The van der Waals surface area contributed by atoms with E-state index in [0.29, 0.717) is 38.2 Å². The van der Waals surface area contributed by atoms with Crippen molar-refractivity contribution in [2.24, 2.45) is 0 Å². The monoisotopic (exact) mass is 354 g/mol. The van der Waals surface area contributed by atoms with Gasteiger partial charge in [-0.05, 0) is 43.2 Å². The molecule has 0 saturated carbocycles. The maximum Gasteiger partial charge on any atom is 0.254 e. The topological polar surface area (TPSA) is 40.6 Å². The van der Waals surface area contributed by atoms with Gasteiger partial charge in [0.15, 0.2) is 0 Å². The Morgan fingerprint density at radius 1 is 0.962 bits per heavy atom. The van der Waals surface area contributed by atoms with E-state index in [-0.39, 0.29) is 11.8 Å². The zero-order valence-electron chi connectivity index (χ0n) is 15.2. The highest BCUT2D eigenvalue weighted by Gasteiger charge is 2.25. The van der Waals surface area contributed by atoms with E-state index < -0.39 is 5.82 Å². The van der Waals surface area contributed by atoms with Crippen LogP contribution in [-0.2, 0) is 11.2 Å². The van der Waals surface area contributed by atoms with E-state index in [4.69, 9.17) is 0 Å². The highest BCUT2D eigenvalue weighted by molar-refractivity contribution is 5.94. The van der Waals surface area contributed by atoms with Crippen molar-refractivity contribution in [3.05, 3.63) is 70.5 Å². The second-order valence-electron chi connectivity index (χ2n) is 6.79. The van der Waals surface area contributed by atoms with Crippen LogP contribution < -0.4 is 0 Å². The van der Waals surface area contributed by atoms with Gasteiger partial charge in [-0.2, -0.15) is 0 Å². The lowest BCUT2D eigenvalue weighted by Gasteiger charge is -2.35. The fourth-order valence-electron chi connectivity index (χ4n) is 3.28. The third kappa shape index (κ3) is 4.10. The first kappa shape index (κ1) is 18.1. The number of halogens is 1. The van der Waals surface area contributed by atoms with Crippen molar-refractivity contribution in [2.75, 3.05) is 26.2 Å². The van der Waals surface area contributed by atoms with Crippen molar-refractivity contribution in [3.8, 4) is 0 Å². The molecule has 2 amide bonds. The fraction of sp³-hybridized carbons (Fsp3) is 0.333. The van der Waals surface area contributed by atoms with Crippen LogP contribution in [0, 0.1) is 19.7 Å². The molecule has 1 saturated heterocycles. The molecule has 0 atom stereocenters. The number of carbonyl (C=O) groups is 2. The number of nitrogens with zero attached hydrogens (tertiary/aromatic N) is 2. The van der Waals surface area contributed by atoms with Crippen molar-refractivity contribution in [1.82, 2.24) is 9.80 Å². The van der Waals surface area contributed by atoms with E-state index in [1.165, 1.54) is 23.8 Å². The average molecular weight is 354 g/mol. The van der Waals surface area contributed by atoms with Gasteiger partial charge in [0, 0.05) is 31.7 Å². The molecule has 0 bridgehead atoms. The number of hydrogen-bond donors (Lipinski definition) is 0. The Hall–Kier alpha value is -2.69. The maximum absolute atomic E-state index is 13.3. The summed E-state index contributed by atoms with van der Waals surface area (Å²) in [6, 6.07) is 11.8. The normalized spacial score (nSPS) is 14.4. The molecule has 5 heteroatoms. The first-order valence-corrected chi connectivity index (χ1v) is 8.83. The maximum atomic E-state index is 13.3. The Kier molecular flexibility index (Phi) is 5.35. The lowest BCUT2D eigenvalue weighted by molar-refractivity contribution is -0.131. The van der Waals surface area contributed by atoms with Gasteiger partial charge >= 0.3 is 0 Å². The number of rotatable bonds is 3. The molecular formula is C21H23FN2O2. The predicted octanol–water partition coefficient (Wildman–Crippen LogP) is 2.97. The zero-order chi connectivity index (χ0) is 18.7. The molecule has 1 heterocycles. The Morgan fingerprint density at radius 3 is 2.31 bits per heavy atom. The molecule has 0 radical (unpaired) electrons. The van der Waals surface area contributed by atoms with Gasteiger partial charge in [-0.1, -0.05) is 29.8 Å². The van der Waals surface area contributed by atoms with Crippen LogP contribution in [0.4, 0.5) is 4.39 Å². The minimum atomic E-state index is -0.418. The third-order valence-corrected chi connectivity index (χ3v) is 4.83. The SMILES string of the molecule is Cc1ccc(CC(=O)N2CCN(C(=O)c3cccc(F)c3)CC2)c(C)c1. The van der Waals surface area contributed by atoms with Gasteiger partial charge < -0.3 is 9.80 Å². The molecule has 1 aliphatic rings. The summed E-state index contributed by atoms with van der Waals surface area (Å²) >= 11 is 0. The van der Waals surface area contributed by atoms with Crippen LogP contribution in [0.15, 0.2) is 42.5 Å². The van der Waals surface area contributed by atoms with Crippen LogP contribution in [0.25, 0.3) is 0 Å². The summed E-state index contributed by atoms with van der Waals surface area (Å²) in [6.07, 6.45) is 0.379. The van der Waals surface area contributed by atoms with Crippen molar-refractivity contribution in [2.45, 2.75) is 20.3 Å². The van der Waals surface area contributed by atoms with Crippen LogP contribution in [0.3, 0.4) is 0 Å². The average Bonchev–Trinajstić information content (AvgIpc) is 2.63. The van der Waals surface area contributed by atoms with Crippen molar-refractivity contribution in [3.63, 3.8) is 0 Å². The summed E-state index contributed by atoms with van der Waals surface area (Å²) in [6.45, 7) is 6.00. The zero-order valence-corrected chi connectivity index (χ0v) is 15.2. The second kappa shape index (κ2) is 7.68. The third-order valence-electron chi connectivity index (χ3n) is 4.83. The van der Waals surface area contributed by atoms with Gasteiger partial charge in [-0.15, -0.1) is 0 Å². The molecule has 1 fully saturated rings. The van der Waals surface area contributed by atoms with E-state index in [1.807, 2.05) is 26.0 Å². The lowest BCUT2D eigenvalue weighted by Crippen LogP contribution is -2.51. The largest absolute Gasteiger partial charge is 0.339 e. The predicted molar refractivity (Wildman–Crippen MR) is 98.5 cm³/mol. The van der Waals surface area contributed by atoms with E-state index in [9.17, 15) is 14.0 Å². The molecular weight excluding hydrogens is 331 g/mol.